The van der Waals surface area contributed by atoms with E-state index >= 15 is 0 Å². The van der Waals surface area contributed by atoms with Crippen LogP contribution in [0, 0.1) is 5.82 Å². The van der Waals surface area contributed by atoms with Crippen molar-refractivity contribution in [2.75, 3.05) is 13.1 Å². The van der Waals surface area contributed by atoms with Crippen molar-refractivity contribution in [3.63, 3.8) is 0 Å². The summed E-state index contributed by atoms with van der Waals surface area (Å²) in [5, 5.41) is 3.54. The molecule has 0 unspecified atom stereocenters. The third-order valence-corrected chi connectivity index (χ3v) is 4.62. The third kappa shape index (κ3) is 4.26. The van der Waals surface area contributed by atoms with Crippen LogP contribution >= 0.6 is 15.9 Å². The number of rotatable bonds is 4. The van der Waals surface area contributed by atoms with Crippen molar-refractivity contribution >= 4 is 15.9 Å². The molecule has 0 aliphatic carbocycles. The van der Waals surface area contributed by atoms with E-state index in [1.807, 2.05) is 0 Å². The van der Waals surface area contributed by atoms with Gasteiger partial charge in [0.1, 0.15) is 5.82 Å². The zero-order valence-electron chi connectivity index (χ0n) is 11.6. The van der Waals surface area contributed by atoms with Gasteiger partial charge >= 0.3 is 0 Å². The lowest BCUT2D eigenvalue weighted by Gasteiger charge is -2.35. The van der Waals surface area contributed by atoms with Crippen LogP contribution in [0.2, 0.25) is 0 Å². The SMILES string of the molecule is CC(C)N1CCC(NCc2cc(F)ccc2Br)CC1. The maximum Gasteiger partial charge on any atom is 0.123 e. The first-order chi connectivity index (χ1) is 9.06. The monoisotopic (exact) mass is 328 g/mol. The number of likely N-dealkylation sites (tertiary alicyclic amines) is 1. The Kier molecular flexibility index (Phi) is 5.37. The predicted molar refractivity (Wildman–Crippen MR) is 80.7 cm³/mol. The van der Waals surface area contributed by atoms with Crippen LogP contribution in [0.15, 0.2) is 22.7 Å². The van der Waals surface area contributed by atoms with Crippen molar-refractivity contribution < 1.29 is 4.39 Å². The number of nitrogens with one attached hydrogen (secondary N) is 1. The lowest BCUT2D eigenvalue weighted by molar-refractivity contribution is 0.161. The lowest BCUT2D eigenvalue weighted by Crippen LogP contribution is -2.44. The van der Waals surface area contributed by atoms with E-state index in [0.717, 1.165) is 29.7 Å². The normalized spacial score (nSPS) is 18.2. The fourth-order valence-corrected chi connectivity index (χ4v) is 2.94. The Labute approximate surface area is 123 Å². The van der Waals surface area contributed by atoms with Gasteiger partial charge in [-0.25, -0.2) is 4.39 Å². The molecule has 1 heterocycles. The van der Waals surface area contributed by atoms with Gasteiger partial charge in [-0.2, -0.15) is 0 Å². The maximum absolute atomic E-state index is 13.2. The first-order valence-electron chi connectivity index (χ1n) is 6.97. The first-order valence-corrected chi connectivity index (χ1v) is 7.77. The molecule has 0 radical (unpaired) electrons. The van der Waals surface area contributed by atoms with Crippen LogP contribution in [-0.4, -0.2) is 30.1 Å². The summed E-state index contributed by atoms with van der Waals surface area (Å²) in [6, 6.07) is 6.03. The molecule has 0 saturated carbocycles. The second-order valence-corrected chi connectivity index (χ2v) is 6.37. The molecule has 1 fully saturated rings. The van der Waals surface area contributed by atoms with E-state index in [1.54, 1.807) is 12.1 Å². The smallest absolute Gasteiger partial charge is 0.123 e. The lowest BCUT2D eigenvalue weighted by atomic mass is 10.0. The molecule has 2 rings (SSSR count). The van der Waals surface area contributed by atoms with Crippen molar-refractivity contribution in [1.82, 2.24) is 10.2 Å². The molecule has 0 aromatic heterocycles. The van der Waals surface area contributed by atoms with E-state index in [-0.39, 0.29) is 5.82 Å². The average molecular weight is 329 g/mol. The minimum absolute atomic E-state index is 0.172. The summed E-state index contributed by atoms with van der Waals surface area (Å²) in [6.45, 7) is 7.53. The van der Waals surface area contributed by atoms with E-state index < -0.39 is 0 Å². The van der Waals surface area contributed by atoms with Crippen molar-refractivity contribution in [3.8, 4) is 0 Å². The molecular formula is C15H22BrFN2. The molecular weight excluding hydrogens is 307 g/mol. The summed E-state index contributed by atoms with van der Waals surface area (Å²) in [6.07, 6.45) is 2.34. The molecule has 1 aliphatic heterocycles. The molecule has 1 aliphatic rings. The van der Waals surface area contributed by atoms with Crippen molar-refractivity contribution in [1.29, 1.82) is 0 Å². The van der Waals surface area contributed by atoms with E-state index in [9.17, 15) is 4.39 Å². The molecule has 106 valence electrons. The van der Waals surface area contributed by atoms with Crippen LogP contribution in [0.1, 0.15) is 32.3 Å². The van der Waals surface area contributed by atoms with Gasteiger partial charge in [0, 0.05) is 23.1 Å². The molecule has 0 amide bonds. The van der Waals surface area contributed by atoms with E-state index in [0.29, 0.717) is 12.1 Å². The van der Waals surface area contributed by atoms with Gasteiger partial charge in [0.25, 0.3) is 0 Å². The Morgan fingerprint density at radius 3 is 2.68 bits per heavy atom. The molecule has 0 bridgehead atoms. The summed E-state index contributed by atoms with van der Waals surface area (Å²) in [5.74, 6) is -0.172. The molecule has 19 heavy (non-hydrogen) atoms. The van der Waals surface area contributed by atoms with Gasteiger partial charge in [-0.05, 0) is 63.5 Å². The Hall–Kier alpha value is -0.450. The second kappa shape index (κ2) is 6.82. The molecule has 2 nitrogen and oxygen atoms in total. The van der Waals surface area contributed by atoms with Gasteiger partial charge in [-0.15, -0.1) is 0 Å². The highest BCUT2D eigenvalue weighted by molar-refractivity contribution is 9.10. The van der Waals surface area contributed by atoms with E-state index in [2.05, 4.69) is 40.0 Å². The van der Waals surface area contributed by atoms with Gasteiger partial charge < -0.3 is 10.2 Å². The van der Waals surface area contributed by atoms with Gasteiger partial charge in [-0.3, -0.25) is 0 Å². The summed E-state index contributed by atoms with van der Waals surface area (Å²) in [4.78, 5) is 2.51. The minimum Gasteiger partial charge on any atom is -0.310 e. The minimum atomic E-state index is -0.172. The quantitative estimate of drug-likeness (QED) is 0.909. The summed E-state index contributed by atoms with van der Waals surface area (Å²) in [7, 11) is 0. The molecule has 0 atom stereocenters. The highest BCUT2D eigenvalue weighted by Crippen LogP contribution is 2.19. The van der Waals surface area contributed by atoms with Crippen LogP contribution in [0.4, 0.5) is 4.39 Å². The van der Waals surface area contributed by atoms with Gasteiger partial charge in [0.05, 0.1) is 0 Å². The number of nitrogens with zero attached hydrogens (tertiary/aromatic N) is 1. The highest BCUT2D eigenvalue weighted by atomic mass is 79.9. The Balaban J connectivity index is 1.82. The molecule has 1 aromatic carbocycles. The van der Waals surface area contributed by atoms with E-state index in [4.69, 9.17) is 0 Å². The molecule has 1 N–H and O–H groups in total. The van der Waals surface area contributed by atoms with E-state index in [1.165, 1.54) is 18.9 Å². The molecule has 1 aromatic rings. The Morgan fingerprint density at radius 1 is 1.37 bits per heavy atom. The topological polar surface area (TPSA) is 15.3 Å². The number of benzene rings is 1. The fourth-order valence-electron chi connectivity index (χ4n) is 2.55. The second-order valence-electron chi connectivity index (χ2n) is 5.52. The van der Waals surface area contributed by atoms with Gasteiger partial charge in [-0.1, -0.05) is 15.9 Å². The van der Waals surface area contributed by atoms with Crippen molar-refractivity contribution in [3.05, 3.63) is 34.1 Å². The predicted octanol–water partition coefficient (Wildman–Crippen LogP) is 3.55. The van der Waals surface area contributed by atoms with Crippen LogP contribution in [0.5, 0.6) is 0 Å². The standard InChI is InChI=1S/C15H22BrFN2/c1-11(2)19-7-5-14(6-8-19)18-10-12-9-13(17)3-4-15(12)16/h3-4,9,11,14,18H,5-8,10H2,1-2H3. The Morgan fingerprint density at radius 2 is 2.05 bits per heavy atom. The number of halogens is 2. The van der Waals surface area contributed by atoms with Gasteiger partial charge in [0.15, 0.2) is 0 Å². The van der Waals surface area contributed by atoms with Crippen molar-refractivity contribution in [2.24, 2.45) is 0 Å². The van der Waals surface area contributed by atoms with Crippen LogP contribution in [0.25, 0.3) is 0 Å². The zero-order valence-corrected chi connectivity index (χ0v) is 13.2. The highest BCUT2D eigenvalue weighted by Gasteiger charge is 2.20. The summed E-state index contributed by atoms with van der Waals surface area (Å²) < 4.78 is 14.2. The molecule has 0 spiro atoms. The number of hydrogen-bond donors (Lipinski definition) is 1. The van der Waals surface area contributed by atoms with Crippen LogP contribution in [0.3, 0.4) is 0 Å². The maximum atomic E-state index is 13.2. The summed E-state index contributed by atoms with van der Waals surface area (Å²) >= 11 is 3.47. The molecule has 1 saturated heterocycles. The average Bonchev–Trinajstić information content (AvgIpc) is 2.40. The van der Waals surface area contributed by atoms with Gasteiger partial charge in [0.2, 0.25) is 0 Å². The number of piperidine rings is 1. The Bertz CT molecular complexity index is 415. The largest absolute Gasteiger partial charge is 0.310 e. The fraction of sp³-hybridized carbons (Fsp3) is 0.600. The molecule has 4 heteroatoms. The van der Waals surface area contributed by atoms with Crippen LogP contribution in [-0.2, 0) is 6.54 Å². The van der Waals surface area contributed by atoms with Crippen molar-refractivity contribution in [2.45, 2.75) is 45.3 Å². The number of hydrogen-bond acceptors (Lipinski definition) is 2. The zero-order chi connectivity index (χ0) is 13.8. The van der Waals surface area contributed by atoms with Crippen LogP contribution < -0.4 is 5.32 Å². The first kappa shape index (κ1) is 14.9. The summed E-state index contributed by atoms with van der Waals surface area (Å²) in [5.41, 5.74) is 0.992. The third-order valence-electron chi connectivity index (χ3n) is 3.85.